The van der Waals surface area contributed by atoms with Gasteiger partial charge in [0.05, 0.1) is 23.1 Å². The van der Waals surface area contributed by atoms with E-state index in [-0.39, 0.29) is 11.5 Å². The molecule has 0 N–H and O–H groups in total. The van der Waals surface area contributed by atoms with E-state index in [9.17, 15) is 0 Å². The molecule has 1 unspecified atom stereocenters. The maximum absolute atomic E-state index is 5.75. The zero-order chi connectivity index (χ0) is 31.7. The van der Waals surface area contributed by atoms with Gasteiger partial charge in [0, 0.05) is 22.1 Å². The van der Waals surface area contributed by atoms with E-state index in [1.165, 1.54) is 72.1 Å². The highest BCUT2D eigenvalue weighted by Gasteiger charge is 2.43. The first-order valence-electron chi connectivity index (χ1n) is 16.9. The number of hydrogen-bond donors (Lipinski definition) is 0. The second kappa shape index (κ2) is 9.17. The van der Waals surface area contributed by atoms with Crippen molar-refractivity contribution in [3.05, 3.63) is 155 Å². The van der Waals surface area contributed by atoms with Crippen LogP contribution in [0.3, 0.4) is 0 Å². The van der Waals surface area contributed by atoms with Gasteiger partial charge in [0.25, 0.3) is 0 Å². The van der Waals surface area contributed by atoms with Gasteiger partial charge in [-0.25, -0.2) is 9.97 Å². The quantitative estimate of drug-likeness (QED) is 0.194. The summed E-state index contributed by atoms with van der Waals surface area (Å²) in [6.07, 6.45) is 3.31. The molecule has 11 rings (SSSR count). The van der Waals surface area contributed by atoms with Crippen molar-refractivity contribution in [3.8, 4) is 44.8 Å². The highest BCUT2D eigenvalue weighted by atomic mass is 15.3. The van der Waals surface area contributed by atoms with Crippen LogP contribution in [0.2, 0.25) is 0 Å². The molecule has 0 bridgehead atoms. The Balaban J connectivity index is 1.23. The first kappa shape index (κ1) is 26.3. The van der Waals surface area contributed by atoms with E-state index in [0.29, 0.717) is 0 Å². The predicted molar refractivity (Wildman–Crippen MR) is 197 cm³/mol. The van der Waals surface area contributed by atoms with E-state index in [4.69, 9.17) is 9.97 Å². The summed E-state index contributed by atoms with van der Waals surface area (Å²) in [5.41, 5.74) is 18.0. The van der Waals surface area contributed by atoms with Gasteiger partial charge in [-0.3, -0.25) is 0 Å². The van der Waals surface area contributed by atoms with E-state index in [1.54, 1.807) is 0 Å². The minimum Gasteiger partial charge on any atom is -0.316 e. The number of nitrogens with zero attached hydrogens (tertiary/aromatic N) is 3. The zero-order valence-corrected chi connectivity index (χ0v) is 26.8. The van der Waals surface area contributed by atoms with Crippen molar-refractivity contribution in [3.63, 3.8) is 0 Å². The molecule has 1 aliphatic heterocycles. The highest BCUT2D eigenvalue weighted by molar-refractivity contribution is 6.19. The van der Waals surface area contributed by atoms with Gasteiger partial charge >= 0.3 is 0 Å². The van der Waals surface area contributed by atoms with Crippen molar-refractivity contribution in [1.82, 2.24) is 9.97 Å². The summed E-state index contributed by atoms with van der Waals surface area (Å²) in [6, 6.07) is 46.7. The second-order valence-corrected chi connectivity index (χ2v) is 14.1. The lowest BCUT2D eigenvalue weighted by Crippen LogP contribution is -2.32. The molecular formula is C45H31N3. The smallest absolute Gasteiger partial charge is 0.161 e. The molecule has 2 heterocycles. The van der Waals surface area contributed by atoms with Crippen molar-refractivity contribution < 1.29 is 0 Å². The van der Waals surface area contributed by atoms with Gasteiger partial charge in [-0.1, -0.05) is 135 Å². The standard InChI is InChI=1S/C45H31N3/c1-45(2)37-20-9-7-17-35(37)41-43(45)46-42(34-23-22-33-29-15-6-5-14-28(29)31-18-11-19-32(34)40(31)33)44(47-41)48-38-21-10-8-16-30(38)36-24-26-12-3-4-13-27(26)25-39(36)48/h3-24,39H,25H2,1-2H3. The Kier molecular flexibility index (Phi) is 5.02. The van der Waals surface area contributed by atoms with Gasteiger partial charge in [0.1, 0.15) is 5.69 Å². The Morgan fingerprint density at radius 2 is 1.25 bits per heavy atom. The molecule has 0 spiro atoms. The first-order valence-corrected chi connectivity index (χ1v) is 16.9. The molecule has 1 aromatic heterocycles. The molecule has 7 aromatic rings. The van der Waals surface area contributed by atoms with Crippen LogP contribution in [-0.2, 0) is 11.8 Å². The lowest BCUT2D eigenvalue weighted by atomic mass is 9.85. The average Bonchev–Trinajstić information content (AvgIpc) is 3.71. The fourth-order valence-electron chi connectivity index (χ4n) is 9.06. The topological polar surface area (TPSA) is 29.0 Å². The molecule has 0 radical (unpaired) electrons. The summed E-state index contributed by atoms with van der Waals surface area (Å²) in [6.45, 7) is 4.59. The molecule has 0 saturated carbocycles. The molecule has 3 aliphatic carbocycles. The van der Waals surface area contributed by atoms with Crippen LogP contribution in [0.5, 0.6) is 0 Å². The maximum atomic E-state index is 5.75. The van der Waals surface area contributed by atoms with E-state index < -0.39 is 0 Å². The molecule has 226 valence electrons. The highest BCUT2D eigenvalue weighted by Crippen LogP contribution is 2.55. The van der Waals surface area contributed by atoms with Crippen LogP contribution in [0.1, 0.15) is 41.8 Å². The largest absolute Gasteiger partial charge is 0.316 e. The molecular weight excluding hydrogens is 583 g/mol. The van der Waals surface area contributed by atoms with Gasteiger partial charge in [-0.05, 0) is 73.9 Å². The minimum atomic E-state index is -0.269. The monoisotopic (exact) mass is 613 g/mol. The molecule has 48 heavy (non-hydrogen) atoms. The van der Waals surface area contributed by atoms with E-state index >= 15 is 0 Å². The number of aromatic nitrogens is 2. The normalized spacial score (nSPS) is 16.9. The summed E-state index contributed by atoms with van der Waals surface area (Å²) < 4.78 is 0. The van der Waals surface area contributed by atoms with Crippen LogP contribution in [0.15, 0.2) is 127 Å². The number of fused-ring (bicyclic) bond motifs is 10. The third kappa shape index (κ3) is 3.28. The Morgan fingerprint density at radius 1 is 0.583 bits per heavy atom. The van der Waals surface area contributed by atoms with E-state index in [0.717, 1.165) is 34.9 Å². The third-order valence-electron chi connectivity index (χ3n) is 11.3. The summed E-state index contributed by atoms with van der Waals surface area (Å²) in [5, 5.41) is 2.53. The van der Waals surface area contributed by atoms with Crippen LogP contribution >= 0.6 is 0 Å². The Bertz CT molecular complexity index is 2560. The third-order valence-corrected chi connectivity index (χ3v) is 11.3. The van der Waals surface area contributed by atoms with Crippen molar-refractivity contribution >= 4 is 33.9 Å². The maximum Gasteiger partial charge on any atom is 0.161 e. The van der Waals surface area contributed by atoms with Crippen LogP contribution in [0, 0.1) is 0 Å². The van der Waals surface area contributed by atoms with E-state index in [2.05, 4.69) is 152 Å². The predicted octanol–water partition coefficient (Wildman–Crippen LogP) is 10.9. The number of hydrogen-bond acceptors (Lipinski definition) is 3. The molecule has 0 saturated heterocycles. The van der Waals surface area contributed by atoms with Gasteiger partial charge in [0.2, 0.25) is 0 Å². The Labute approximate surface area is 279 Å². The molecule has 6 aromatic carbocycles. The molecule has 1 atom stereocenters. The molecule has 3 heteroatoms. The van der Waals surface area contributed by atoms with Crippen LogP contribution < -0.4 is 4.90 Å². The van der Waals surface area contributed by atoms with Gasteiger partial charge in [-0.15, -0.1) is 0 Å². The molecule has 0 fully saturated rings. The lowest BCUT2D eigenvalue weighted by molar-refractivity contribution is 0.635. The summed E-state index contributed by atoms with van der Waals surface area (Å²) in [5.74, 6) is 0.928. The van der Waals surface area contributed by atoms with Crippen LogP contribution in [0.4, 0.5) is 11.5 Å². The van der Waals surface area contributed by atoms with Crippen molar-refractivity contribution in [2.24, 2.45) is 0 Å². The second-order valence-electron chi connectivity index (χ2n) is 14.1. The van der Waals surface area contributed by atoms with E-state index in [1.807, 2.05) is 0 Å². The fraction of sp³-hybridized carbons (Fsp3) is 0.111. The fourth-order valence-corrected chi connectivity index (χ4v) is 9.06. The number of benzene rings is 6. The summed E-state index contributed by atoms with van der Waals surface area (Å²) >= 11 is 0. The number of anilines is 2. The van der Waals surface area contributed by atoms with Gasteiger partial charge in [0.15, 0.2) is 5.82 Å². The van der Waals surface area contributed by atoms with Crippen molar-refractivity contribution in [2.45, 2.75) is 31.7 Å². The zero-order valence-electron chi connectivity index (χ0n) is 26.8. The lowest BCUT2D eigenvalue weighted by Gasteiger charge is -2.32. The van der Waals surface area contributed by atoms with Crippen LogP contribution in [0.25, 0.3) is 67.2 Å². The molecule has 3 nitrogen and oxygen atoms in total. The number of para-hydroxylation sites is 1. The van der Waals surface area contributed by atoms with Gasteiger partial charge in [-0.2, -0.15) is 0 Å². The SMILES string of the molecule is CC1(C)c2ccccc2-c2nc(N3c4ccccc4C4=Cc5ccccc5CC43)c(-c3ccc4c5c(cccc35)-c3ccccc3-4)nc21. The summed E-state index contributed by atoms with van der Waals surface area (Å²) in [4.78, 5) is 14.0. The average molecular weight is 614 g/mol. The van der Waals surface area contributed by atoms with Crippen molar-refractivity contribution in [1.29, 1.82) is 0 Å². The molecule has 0 amide bonds. The van der Waals surface area contributed by atoms with Gasteiger partial charge < -0.3 is 4.90 Å². The Hall–Kier alpha value is -5.80. The van der Waals surface area contributed by atoms with Crippen molar-refractivity contribution in [2.75, 3.05) is 4.90 Å². The first-order chi connectivity index (χ1) is 23.6. The summed E-state index contributed by atoms with van der Waals surface area (Å²) in [7, 11) is 0. The van der Waals surface area contributed by atoms with Crippen LogP contribution in [-0.4, -0.2) is 16.0 Å². The minimum absolute atomic E-state index is 0.120. The molecule has 4 aliphatic rings. The number of rotatable bonds is 2. The Morgan fingerprint density at radius 3 is 2.10 bits per heavy atom.